The number of methoxy groups -OCH3 is 2. The average Bonchev–Trinajstić information content (AvgIpc) is 2.67. The Balaban J connectivity index is 2.30. The minimum absolute atomic E-state index is 0.0911. The molecule has 0 aromatic heterocycles. The van der Waals surface area contributed by atoms with Gasteiger partial charge in [0.1, 0.15) is 17.2 Å². The molecule has 6 heteroatoms. The molecule has 0 aliphatic rings. The molecule has 0 saturated heterocycles. The molecule has 0 fully saturated rings. The smallest absolute Gasteiger partial charge is 0.260 e. The molecule has 2 aromatic rings. The van der Waals surface area contributed by atoms with Crippen molar-refractivity contribution in [2.24, 2.45) is 0 Å². The minimum Gasteiger partial charge on any atom is -0.497 e. The Bertz CT molecular complexity index is 788. The first-order valence-corrected chi connectivity index (χ1v) is 8.25. The van der Waals surface area contributed by atoms with Crippen molar-refractivity contribution in [1.29, 1.82) is 0 Å². The highest BCUT2D eigenvalue weighted by Crippen LogP contribution is 2.27. The molecule has 0 bridgehead atoms. The molecule has 0 spiro atoms. The van der Waals surface area contributed by atoms with E-state index in [1.54, 1.807) is 50.4 Å². The van der Waals surface area contributed by atoms with Crippen LogP contribution in [0, 0.1) is 6.92 Å². The van der Waals surface area contributed by atoms with Crippen molar-refractivity contribution >= 4 is 12.3 Å². The van der Waals surface area contributed by atoms with Crippen LogP contribution in [-0.4, -0.2) is 38.0 Å². The Kier molecular flexibility index (Phi) is 6.60. The van der Waals surface area contributed by atoms with Gasteiger partial charge in [-0.1, -0.05) is 6.07 Å². The van der Waals surface area contributed by atoms with Crippen LogP contribution < -0.4 is 14.2 Å². The standard InChI is InChI=1S/C20H23NO5/c1-5-26-18-8-6-7-17(14(18)2)20(23)21(13-22)12-15-9-10-16(24-3)11-19(15)25-4/h6-11,13H,5,12H2,1-4H3. The predicted octanol–water partition coefficient (Wildman–Crippen LogP) is 3.21. The van der Waals surface area contributed by atoms with E-state index in [1.807, 2.05) is 6.92 Å². The van der Waals surface area contributed by atoms with Gasteiger partial charge in [0.25, 0.3) is 5.91 Å². The van der Waals surface area contributed by atoms with E-state index in [2.05, 4.69) is 0 Å². The van der Waals surface area contributed by atoms with Gasteiger partial charge in [-0.2, -0.15) is 0 Å². The summed E-state index contributed by atoms with van der Waals surface area (Å²) in [6.45, 7) is 4.27. The number of carbonyl (C=O) groups excluding carboxylic acids is 2. The zero-order valence-corrected chi connectivity index (χ0v) is 15.4. The van der Waals surface area contributed by atoms with E-state index in [4.69, 9.17) is 14.2 Å². The zero-order valence-electron chi connectivity index (χ0n) is 15.4. The van der Waals surface area contributed by atoms with Crippen molar-refractivity contribution in [3.63, 3.8) is 0 Å². The molecule has 0 aliphatic heterocycles. The maximum absolute atomic E-state index is 12.9. The largest absolute Gasteiger partial charge is 0.497 e. The fraction of sp³-hybridized carbons (Fsp3) is 0.300. The monoisotopic (exact) mass is 357 g/mol. The molecule has 0 N–H and O–H groups in total. The number of hydrogen-bond acceptors (Lipinski definition) is 5. The Morgan fingerprint density at radius 1 is 1.12 bits per heavy atom. The van der Waals surface area contributed by atoms with Gasteiger partial charge >= 0.3 is 0 Å². The first kappa shape index (κ1) is 19.3. The Hall–Kier alpha value is -3.02. The summed E-state index contributed by atoms with van der Waals surface area (Å²) in [4.78, 5) is 25.5. The van der Waals surface area contributed by atoms with Gasteiger partial charge in [-0.05, 0) is 38.1 Å². The lowest BCUT2D eigenvalue weighted by molar-refractivity contribution is -0.116. The Morgan fingerprint density at radius 2 is 1.88 bits per heavy atom. The second-order valence-electron chi connectivity index (χ2n) is 5.58. The fourth-order valence-electron chi connectivity index (χ4n) is 2.64. The molecule has 0 heterocycles. The van der Waals surface area contributed by atoms with Crippen LogP contribution in [0.3, 0.4) is 0 Å². The average molecular weight is 357 g/mol. The summed E-state index contributed by atoms with van der Waals surface area (Å²) in [5.41, 5.74) is 1.83. The van der Waals surface area contributed by atoms with Gasteiger partial charge in [-0.3, -0.25) is 14.5 Å². The fourth-order valence-corrected chi connectivity index (χ4v) is 2.64. The van der Waals surface area contributed by atoms with Crippen LogP contribution in [0.25, 0.3) is 0 Å². The normalized spacial score (nSPS) is 10.2. The lowest BCUT2D eigenvalue weighted by Crippen LogP contribution is -2.30. The molecule has 0 aliphatic carbocycles. The predicted molar refractivity (Wildman–Crippen MR) is 97.8 cm³/mol. The second-order valence-corrected chi connectivity index (χ2v) is 5.58. The number of nitrogens with zero attached hydrogens (tertiary/aromatic N) is 1. The topological polar surface area (TPSA) is 65.1 Å². The van der Waals surface area contributed by atoms with Crippen molar-refractivity contribution in [3.8, 4) is 17.2 Å². The molecule has 6 nitrogen and oxygen atoms in total. The highest BCUT2D eigenvalue weighted by atomic mass is 16.5. The summed E-state index contributed by atoms with van der Waals surface area (Å²) in [6, 6.07) is 10.5. The van der Waals surface area contributed by atoms with Crippen LogP contribution in [0.2, 0.25) is 0 Å². The number of imide groups is 1. The molecule has 2 aromatic carbocycles. The van der Waals surface area contributed by atoms with E-state index in [9.17, 15) is 9.59 Å². The Morgan fingerprint density at radius 3 is 2.50 bits per heavy atom. The molecule has 0 atom stereocenters. The van der Waals surface area contributed by atoms with E-state index < -0.39 is 5.91 Å². The summed E-state index contributed by atoms with van der Waals surface area (Å²) in [7, 11) is 3.09. The van der Waals surface area contributed by atoms with E-state index in [1.165, 1.54) is 7.11 Å². The number of carbonyl (C=O) groups is 2. The number of ether oxygens (including phenoxy) is 3. The van der Waals surface area contributed by atoms with Crippen molar-refractivity contribution in [2.45, 2.75) is 20.4 Å². The highest BCUT2D eigenvalue weighted by molar-refractivity contribution is 6.01. The summed E-state index contributed by atoms with van der Waals surface area (Å²) in [5, 5.41) is 0. The van der Waals surface area contributed by atoms with Crippen LogP contribution in [0.15, 0.2) is 36.4 Å². The number of hydrogen-bond donors (Lipinski definition) is 0. The molecule has 2 amide bonds. The number of benzene rings is 2. The molecule has 0 radical (unpaired) electrons. The van der Waals surface area contributed by atoms with Gasteiger partial charge in [-0.25, -0.2) is 0 Å². The van der Waals surface area contributed by atoms with Gasteiger partial charge in [0.2, 0.25) is 6.41 Å². The van der Waals surface area contributed by atoms with Gasteiger partial charge in [0, 0.05) is 22.8 Å². The van der Waals surface area contributed by atoms with Crippen LogP contribution in [-0.2, 0) is 11.3 Å². The summed E-state index contributed by atoms with van der Waals surface area (Å²) in [5.74, 6) is 1.42. The maximum atomic E-state index is 12.9. The Labute approximate surface area is 153 Å². The lowest BCUT2D eigenvalue weighted by Gasteiger charge is -2.19. The molecule has 2 rings (SSSR count). The van der Waals surface area contributed by atoms with Crippen molar-refractivity contribution in [1.82, 2.24) is 4.90 Å². The molecular formula is C20H23NO5. The van der Waals surface area contributed by atoms with Gasteiger partial charge < -0.3 is 14.2 Å². The van der Waals surface area contributed by atoms with Crippen LogP contribution in [0.4, 0.5) is 0 Å². The number of amides is 2. The van der Waals surface area contributed by atoms with E-state index in [0.717, 1.165) is 4.90 Å². The van der Waals surface area contributed by atoms with Crippen LogP contribution in [0.5, 0.6) is 17.2 Å². The molecule has 0 unspecified atom stereocenters. The van der Waals surface area contributed by atoms with Crippen molar-refractivity contribution in [2.75, 3.05) is 20.8 Å². The van der Waals surface area contributed by atoms with Crippen molar-refractivity contribution in [3.05, 3.63) is 53.1 Å². The molecule has 138 valence electrons. The first-order chi connectivity index (χ1) is 12.5. The quantitative estimate of drug-likeness (QED) is 0.679. The highest BCUT2D eigenvalue weighted by Gasteiger charge is 2.20. The lowest BCUT2D eigenvalue weighted by atomic mass is 10.1. The van der Waals surface area contributed by atoms with Crippen LogP contribution in [0.1, 0.15) is 28.4 Å². The van der Waals surface area contributed by atoms with E-state index in [0.29, 0.717) is 47.0 Å². The SMILES string of the molecule is CCOc1cccc(C(=O)N(C=O)Cc2ccc(OC)cc2OC)c1C. The van der Waals surface area contributed by atoms with Crippen LogP contribution >= 0.6 is 0 Å². The maximum Gasteiger partial charge on any atom is 0.260 e. The van der Waals surface area contributed by atoms with E-state index in [-0.39, 0.29) is 6.54 Å². The summed E-state index contributed by atoms with van der Waals surface area (Å²) in [6.07, 6.45) is 0.527. The second kappa shape index (κ2) is 8.89. The third kappa shape index (κ3) is 4.14. The van der Waals surface area contributed by atoms with Gasteiger partial charge in [0.05, 0.1) is 27.4 Å². The molecule has 0 saturated carbocycles. The third-order valence-corrected chi connectivity index (χ3v) is 4.04. The van der Waals surface area contributed by atoms with Gasteiger partial charge in [0.15, 0.2) is 0 Å². The molecular weight excluding hydrogens is 334 g/mol. The first-order valence-electron chi connectivity index (χ1n) is 8.25. The van der Waals surface area contributed by atoms with Crippen molar-refractivity contribution < 1.29 is 23.8 Å². The minimum atomic E-state index is -0.392. The third-order valence-electron chi connectivity index (χ3n) is 4.04. The zero-order chi connectivity index (χ0) is 19.1. The summed E-state index contributed by atoms with van der Waals surface area (Å²) < 4.78 is 16.0. The summed E-state index contributed by atoms with van der Waals surface area (Å²) >= 11 is 0. The molecule has 26 heavy (non-hydrogen) atoms. The van der Waals surface area contributed by atoms with Gasteiger partial charge in [-0.15, -0.1) is 0 Å². The van der Waals surface area contributed by atoms with E-state index >= 15 is 0 Å². The number of rotatable bonds is 8.